The van der Waals surface area contributed by atoms with Gasteiger partial charge in [-0.2, -0.15) is 0 Å². The molecule has 0 radical (unpaired) electrons. The number of carbonyl (C=O) groups excluding carboxylic acids is 1. The largest absolute Gasteiger partial charge is 0.462 e. The normalized spacial score (nSPS) is 40.6. The summed E-state index contributed by atoms with van der Waals surface area (Å²) in [6, 6.07) is 7.42. The van der Waals surface area contributed by atoms with Gasteiger partial charge in [-0.05, 0) is 80.4 Å². The number of ether oxygens (including phenoxy) is 5. The zero-order valence-corrected chi connectivity index (χ0v) is 32.9. The molecule has 4 aliphatic heterocycles. The lowest BCUT2D eigenvalue weighted by molar-refractivity contribution is -0.332. The molecular weight excluding hydrogens is 699 g/mol. The number of fused-ring (bicyclic) bond motifs is 2. The van der Waals surface area contributed by atoms with Gasteiger partial charge >= 0.3 is 5.97 Å². The van der Waals surface area contributed by atoms with Crippen molar-refractivity contribution >= 4 is 21.7 Å². The molecule has 292 valence electrons. The fourth-order valence-electron chi connectivity index (χ4n) is 8.45. The van der Waals surface area contributed by atoms with Gasteiger partial charge in [0, 0.05) is 32.2 Å². The number of rotatable bonds is 6. The molecule has 1 spiro atoms. The number of benzene rings is 1. The first-order chi connectivity index (χ1) is 25.0. The predicted molar refractivity (Wildman–Crippen MR) is 202 cm³/mol. The Morgan fingerprint density at radius 2 is 1.79 bits per heavy atom. The van der Waals surface area contributed by atoms with Crippen LogP contribution in [0.1, 0.15) is 72.3 Å². The number of aliphatic hydroxyl groups is 2. The number of nitrogens with zero attached hydrogens (tertiary/aromatic N) is 1. The summed E-state index contributed by atoms with van der Waals surface area (Å²) in [7, 11) is -1.82. The summed E-state index contributed by atoms with van der Waals surface area (Å²) in [4.78, 5) is 14.1. The lowest BCUT2D eigenvalue weighted by Crippen LogP contribution is -2.58. The van der Waals surface area contributed by atoms with Crippen LogP contribution in [-0.2, 0) is 44.9 Å². The third-order valence-corrected chi connectivity index (χ3v) is 13.2. The van der Waals surface area contributed by atoms with Crippen LogP contribution in [0, 0.1) is 17.8 Å². The fraction of sp³-hybridized carbons (Fsp3) is 0.634. The van der Waals surface area contributed by atoms with Gasteiger partial charge in [-0.15, -0.1) is 0 Å². The lowest BCUT2D eigenvalue weighted by atomic mass is 9.71. The second-order valence-corrected chi connectivity index (χ2v) is 18.0. The maximum Gasteiger partial charge on any atom is 0.316 e. The first kappa shape index (κ1) is 39.8. The van der Waals surface area contributed by atoms with Crippen LogP contribution in [0.25, 0.3) is 0 Å². The number of hydrogen-bond donors (Lipinski definition) is 2. The van der Waals surface area contributed by atoms with Gasteiger partial charge < -0.3 is 33.9 Å². The summed E-state index contributed by atoms with van der Waals surface area (Å²) < 4.78 is 57.4. The summed E-state index contributed by atoms with van der Waals surface area (Å²) in [5.41, 5.74) is 1.92. The average Bonchev–Trinajstić information content (AvgIpc) is 3.44. The molecule has 5 aliphatic rings. The van der Waals surface area contributed by atoms with Gasteiger partial charge in [-0.3, -0.25) is 9.10 Å². The molecule has 4 heterocycles. The SMILES string of the molecule is CC1=C[C@H]2C(=O)O[C@H]3C[C@@H](C/C=C(\C)[C@H](OCCc4ccc(N(C)S(C)(=O)=O)cc4)[C@@H](C)/C=C/C=C4\CO[C@H]([C@@H]1O)[C@@]42O)O[C@@]1(CC[C@H](C)[C@@H](C)O1)C3. The van der Waals surface area contributed by atoms with Crippen molar-refractivity contribution in [3.8, 4) is 0 Å². The van der Waals surface area contributed by atoms with Crippen molar-refractivity contribution < 1.29 is 47.1 Å². The Bertz CT molecular complexity index is 1740. The summed E-state index contributed by atoms with van der Waals surface area (Å²) in [5.74, 6) is -2.21. The molecular formula is C41H57NO10S. The molecule has 0 amide bonds. The standard InChI is InChI=1S/C41H57NO10S/c1-25-17-19-40(51-29(25)5)23-34-22-33(52-40)16-11-27(3)37(48-20-18-30-12-14-32(15-13-30)42(6)53(7,46)47)26(2)9-8-10-31-24-49-38-36(43)28(4)21-35(39(44)50-34)41(31,38)45/h8-15,21,25-26,29,33-38,43,45H,16-20,22-24H2,1-7H3/b9-8+,27-11+,31-10+/t25-,26-,29+,33+,34-,35-,36+,37+,38+,40-,41+/m0/s1. The van der Waals surface area contributed by atoms with E-state index >= 15 is 0 Å². The maximum atomic E-state index is 14.1. The monoisotopic (exact) mass is 755 g/mol. The first-order valence-corrected chi connectivity index (χ1v) is 20.8. The minimum absolute atomic E-state index is 0.0218. The van der Waals surface area contributed by atoms with Crippen LogP contribution < -0.4 is 4.31 Å². The molecule has 1 aliphatic carbocycles. The highest BCUT2D eigenvalue weighted by Gasteiger charge is 2.60. The van der Waals surface area contributed by atoms with E-state index in [1.807, 2.05) is 24.3 Å². The van der Waals surface area contributed by atoms with E-state index in [1.54, 1.807) is 31.2 Å². The van der Waals surface area contributed by atoms with Gasteiger partial charge in [0.15, 0.2) is 5.79 Å². The molecule has 2 bridgehead atoms. The van der Waals surface area contributed by atoms with Gasteiger partial charge in [-0.1, -0.05) is 56.4 Å². The number of sulfonamides is 1. The fourth-order valence-corrected chi connectivity index (χ4v) is 8.95. The van der Waals surface area contributed by atoms with Crippen LogP contribution in [0.3, 0.4) is 0 Å². The minimum Gasteiger partial charge on any atom is -0.462 e. The maximum absolute atomic E-state index is 14.1. The van der Waals surface area contributed by atoms with Crippen molar-refractivity contribution in [2.24, 2.45) is 17.8 Å². The third-order valence-electron chi connectivity index (χ3n) is 12.0. The molecule has 11 nitrogen and oxygen atoms in total. The van der Waals surface area contributed by atoms with E-state index in [0.29, 0.717) is 61.5 Å². The van der Waals surface area contributed by atoms with E-state index in [-0.39, 0.29) is 30.8 Å². The van der Waals surface area contributed by atoms with Crippen LogP contribution in [0.2, 0.25) is 0 Å². The van der Waals surface area contributed by atoms with Crippen molar-refractivity contribution in [3.63, 3.8) is 0 Å². The zero-order chi connectivity index (χ0) is 38.3. The van der Waals surface area contributed by atoms with E-state index in [1.165, 1.54) is 17.6 Å². The van der Waals surface area contributed by atoms with Crippen LogP contribution in [0.4, 0.5) is 5.69 Å². The molecule has 1 aromatic rings. The van der Waals surface area contributed by atoms with Crippen LogP contribution in [-0.4, -0.2) is 99.1 Å². The van der Waals surface area contributed by atoms with E-state index in [9.17, 15) is 23.4 Å². The second kappa shape index (κ2) is 15.7. The molecule has 3 fully saturated rings. The Kier molecular flexibility index (Phi) is 11.8. The summed E-state index contributed by atoms with van der Waals surface area (Å²) in [6.45, 7) is 10.6. The van der Waals surface area contributed by atoms with Crippen molar-refractivity contribution in [2.75, 3.05) is 30.8 Å². The molecule has 53 heavy (non-hydrogen) atoms. The number of carbonyl (C=O) groups is 1. The number of allylic oxidation sites excluding steroid dienone is 2. The summed E-state index contributed by atoms with van der Waals surface area (Å²) in [5, 5.41) is 23.4. The van der Waals surface area contributed by atoms with Crippen molar-refractivity contribution in [1.29, 1.82) is 0 Å². The first-order valence-electron chi connectivity index (χ1n) is 19.0. The molecule has 1 aromatic carbocycles. The quantitative estimate of drug-likeness (QED) is 0.295. The third kappa shape index (κ3) is 8.39. The Morgan fingerprint density at radius 3 is 2.49 bits per heavy atom. The molecule has 11 atom stereocenters. The Balaban J connectivity index is 1.29. The Morgan fingerprint density at radius 1 is 1.06 bits per heavy atom. The highest BCUT2D eigenvalue weighted by molar-refractivity contribution is 7.92. The number of aliphatic hydroxyl groups excluding tert-OH is 1. The van der Waals surface area contributed by atoms with Gasteiger partial charge in [-0.25, -0.2) is 8.42 Å². The topological polar surface area (TPSA) is 141 Å². The summed E-state index contributed by atoms with van der Waals surface area (Å²) in [6.07, 6.45) is 11.1. The molecule has 0 unspecified atom stereocenters. The van der Waals surface area contributed by atoms with E-state index in [2.05, 4.69) is 33.8 Å². The predicted octanol–water partition coefficient (Wildman–Crippen LogP) is 5.17. The zero-order valence-electron chi connectivity index (χ0n) is 32.1. The molecule has 12 heteroatoms. The van der Waals surface area contributed by atoms with Gasteiger partial charge in [0.05, 0.1) is 43.5 Å². The summed E-state index contributed by atoms with van der Waals surface area (Å²) >= 11 is 0. The van der Waals surface area contributed by atoms with E-state index < -0.39 is 51.6 Å². The number of esters is 1. The average molecular weight is 756 g/mol. The number of anilines is 1. The molecule has 6 rings (SSSR count). The van der Waals surface area contributed by atoms with Gasteiger partial charge in [0.25, 0.3) is 0 Å². The van der Waals surface area contributed by atoms with Crippen molar-refractivity contribution in [1.82, 2.24) is 0 Å². The Hall–Kier alpha value is -2.84. The van der Waals surface area contributed by atoms with Crippen molar-refractivity contribution in [3.05, 3.63) is 76.9 Å². The molecule has 2 N–H and O–H groups in total. The van der Waals surface area contributed by atoms with Gasteiger partial charge in [0.2, 0.25) is 10.0 Å². The molecule has 0 saturated carbocycles. The second-order valence-electron chi connectivity index (χ2n) is 15.9. The van der Waals surface area contributed by atoms with Crippen LogP contribution >= 0.6 is 0 Å². The molecule has 3 saturated heterocycles. The smallest absolute Gasteiger partial charge is 0.316 e. The highest BCUT2D eigenvalue weighted by Crippen LogP contribution is 2.47. The Labute approximate surface area is 314 Å². The number of hydrogen-bond acceptors (Lipinski definition) is 10. The van der Waals surface area contributed by atoms with Crippen molar-refractivity contribution in [2.45, 2.75) is 121 Å². The van der Waals surface area contributed by atoms with E-state index in [0.717, 1.165) is 17.6 Å². The minimum atomic E-state index is -3.36. The van der Waals surface area contributed by atoms with Crippen LogP contribution in [0.5, 0.6) is 0 Å². The van der Waals surface area contributed by atoms with Crippen LogP contribution in [0.15, 0.2) is 71.4 Å². The van der Waals surface area contributed by atoms with Gasteiger partial charge in [0.1, 0.15) is 29.8 Å². The van der Waals surface area contributed by atoms with E-state index in [4.69, 9.17) is 23.7 Å². The lowest BCUT2D eigenvalue weighted by Gasteiger charge is -2.49. The highest BCUT2D eigenvalue weighted by atomic mass is 32.2. The molecule has 0 aromatic heterocycles.